The van der Waals surface area contributed by atoms with Crippen molar-refractivity contribution in [1.29, 1.82) is 0 Å². The Kier molecular flexibility index (Phi) is 8.58. The van der Waals surface area contributed by atoms with Crippen molar-refractivity contribution in [3.05, 3.63) is 53.1 Å². The van der Waals surface area contributed by atoms with E-state index in [0.717, 1.165) is 6.42 Å². The highest BCUT2D eigenvalue weighted by Gasteiger charge is 2.57. The van der Waals surface area contributed by atoms with Crippen molar-refractivity contribution in [3.63, 3.8) is 0 Å². The van der Waals surface area contributed by atoms with E-state index in [2.05, 4.69) is 26.1 Å². The highest BCUT2D eigenvalue weighted by Crippen LogP contribution is 2.61. The topological polar surface area (TPSA) is 125 Å². The quantitative estimate of drug-likeness (QED) is 0.365. The summed E-state index contributed by atoms with van der Waals surface area (Å²) in [6.07, 6.45) is 1.84. The van der Waals surface area contributed by atoms with Crippen molar-refractivity contribution in [1.82, 2.24) is 10.4 Å². The number of fused-ring (bicyclic) bond motifs is 2. The first kappa shape index (κ1) is 30.4. The predicted molar refractivity (Wildman–Crippen MR) is 157 cm³/mol. The van der Waals surface area contributed by atoms with E-state index in [4.69, 9.17) is 9.57 Å². The van der Waals surface area contributed by atoms with Gasteiger partial charge in [-0.05, 0) is 66.7 Å². The lowest BCUT2D eigenvalue weighted by Crippen LogP contribution is -2.62. The van der Waals surface area contributed by atoms with Crippen molar-refractivity contribution in [3.8, 4) is 16.9 Å². The molecule has 3 saturated carbocycles. The van der Waals surface area contributed by atoms with Gasteiger partial charge < -0.3 is 20.3 Å². The van der Waals surface area contributed by atoms with Crippen LogP contribution in [0.1, 0.15) is 66.8 Å². The van der Waals surface area contributed by atoms with Gasteiger partial charge in [-0.1, -0.05) is 39.0 Å². The highest BCUT2D eigenvalue weighted by molar-refractivity contribution is 5.87. The number of benzene rings is 2. The van der Waals surface area contributed by atoms with Crippen LogP contribution in [0.3, 0.4) is 0 Å². The van der Waals surface area contributed by atoms with Gasteiger partial charge >= 0.3 is 0 Å². The first-order valence-corrected chi connectivity index (χ1v) is 14.8. The average molecular weight is 579 g/mol. The zero-order valence-electron chi connectivity index (χ0n) is 24.9. The smallest absolute Gasteiger partial charge is 0.240 e. The molecule has 1 saturated heterocycles. The number of amides is 1. The van der Waals surface area contributed by atoms with Gasteiger partial charge in [0, 0.05) is 34.2 Å². The Morgan fingerprint density at radius 1 is 1.19 bits per heavy atom. The molecule has 8 atom stereocenters. The number of ether oxygens (including phenoxy) is 1. The molecule has 4 fully saturated rings. The van der Waals surface area contributed by atoms with Gasteiger partial charge in [0.1, 0.15) is 30.5 Å². The fraction of sp³-hybridized carbons (Fsp3) is 0.545. The molecule has 1 unspecified atom stereocenters. The molecule has 0 spiro atoms. The molecule has 9 heteroatoms. The van der Waals surface area contributed by atoms with E-state index in [1.807, 2.05) is 18.2 Å². The molecule has 2 aromatic carbocycles. The number of methoxy groups -OCH3 is 1. The van der Waals surface area contributed by atoms with Crippen LogP contribution in [0.2, 0.25) is 0 Å². The van der Waals surface area contributed by atoms with Crippen LogP contribution in [0.25, 0.3) is 11.1 Å². The molecule has 3 aliphatic carbocycles. The molecule has 2 bridgehead atoms. The van der Waals surface area contributed by atoms with Crippen LogP contribution in [0.5, 0.6) is 5.75 Å². The van der Waals surface area contributed by atoms with Crippen LogP contribution in [0.4, 0.5) is 0 Å². The minimum Gasteiger partial charge on any atom is -0.496 e. The van der Waals surface area contributed by atoms with Gasteiger partial charge in [0.05, 0.1) is 26.4 Å². The molecule has 1 amide bonds. The van der Waals surface area contributed by atoms with Gasteiger partial charge in [-0.2, -0.15) is 5.06 Å². The molecular weight excluding hydrogens is 536 g/mol. The number of hydrogen-bond donors (Lipinski definition) is 3. The van der Waals surface area contributed by atoms with Crippen molar-refractivity contribution in [2.24, 2.45) is 29.1 Å². The largest absolute Gasteiger partial charge is 0.496 e. The Balaban J connectivity index is 1.45. The molecule has 226 valence electrons. The molecular formula is C33H42N2O7. The third-order valence-corrected chi connectivity index (χ3v) is 10.3. The summed E-state index contributed by atoms with van der Waals surface area (Å²) in [6, 6.07) is 9.61. The SMILES string of the molecule is COc1c(CN2O[C@@H](CO)[C@H]([C@H](C)O)[C@H]2C(=O)NC2C[C@H]3C[C@@H]([C@@H]2C)C3(C)C)cccc1-c1cc(C=O)cc(C=O)c1. The first-order valence-electron chi connectivity index (χ1n) is 14.8. The molecule has 42 heavy (non-hydrogen) atoms. The number of para-hydroxylation sites is 1. The monoisotopic (exact) mass is 578 g/mol. The number of nitrogens with zero attached hydrogens (tertiary/aromatic N) is 1. The van der Waals surface area contributed by atoms with E-state index in [0.29, 0.717) is 63.9 Å². The molecule has 2 aromatic rings. The van der Waals surface area contributed by atoms with Crippen molar-refractivity contribution < 1.29 is 34.2 Å². The third-order valence-electron chi connectivity index (χ3n) is 10.3. The summed E-state index contributed by atoms with van der Waals surface area (Å²) in [6.45, 7) is 8.26. The standard InChI is InChI=1S/C33H42N2O7/c1-18-26-12-24(33(26,3)4)13-27(18)34-32(40)30-29(19(2)39)28(17-38)42-35(30)14-22-7-6-8-25(31(22)41-5)23-10-20(15-36)9-21(11-23)16-37/h6-11,15-16,18-19,24,26-30,38-39H,12-14,17H2,1-5H3,(H,34,40)/t18-,19-,24+,26-,27?,28-,29-,30-/m0/s1. The van der Waals surface area contributed by atoms with Crippen LogP contribution >= 0.6 is 0 Å². The maximum atomic E-state index is 14.0. The minimum atomic E-state index is -0.903. The fourth-order valence-corrected chi connectivity index (χ4v) is 7.80. The molecule has 4 aliphatic rings. The zero-order valence-corrected chi connectivity index (χ0v) is 24.9. The summed E-state index contributed by atoms with van der Waals surface area (Å²) < 4.78 is 5.82. The van der Waals surface area contributed by atoms with E-state index in [9.17, 15) is 24.6 Å². The average Bonchev–Trinajstić information content (AvgIpc) is 3.36. The summed E-state index contributed by atoms with van der Waals surface area (Å²) >= 11 is 0. The lowest BCUT2D eigenvalue weighted by Gasteiger charge is -2.62. The van der Waals surface area contributed by atoms with Crippen molar-refractivity contribution in [2.45, 2.75) is 71.4 Å². The van der Waals surface area contributed by atoms with Crippen LogP contribution in [-0.2, 0) is 16.2 Å². The van der Waals surface area contributed by atoms with Gasteiger partial charge in [0.2, 0.25) is 5.91 Å². The number of aliphatic hydroxyl groups is 2. The third kappa shape index (κ3) is 5.28. The van der Waals surface area contributed by atoms with Crippen molar-refractivity contribution >= 4 is 18.5 Å². The van der Waals surface area contributed by atoms with E-state index in [1.54, 1.807) is 24.1 Å². The molecule has 3 N–H and O–H groups in total. The van der Waals surface area contributed by atoms with Crippen molar-refractivity contribution in [2.75, 3.05) is 13.7 Å². The zero-order chi connectivity index (χ0) is 30.3. The second-order valence-electron chi connectivity index (χ2n) is 12.9. The van der Waals surface area contributed by atoms with Gasteiger partial charge in [-0.15, -0.1) is 0 Å². The van der Waals surface area contributed by atoms with Gasteiger partial charge in [0.15, 0.2) is 0 Å². The molecule has 1 aliphatic heterocycles. The Hall–Kier alpha value is -3.11. The molecule has 9 nitrogen and oxygen atoms in total. The first-order chi connectivity index (χ1) is 20.0. The predicted octanol–water partition coefficient (Wildman–Crippen LogP) is 3.65. The number of rotatable bonds is 10. The second-order valence-corrected chi connectivity index (χ2v) is 12.9. The molecule has 1 heterocycles. The summed E-state index contributed by atoms with van der Waals surface area (Å²) in [7, 11) is 1.54. The number of aldehydes is 2. The fourth-order valence-electron chi connectivity index (χ4n) is 7.80. The number of nitrogens with one attached hydrogen (secondary N) is 1. The molecule has 0 aromatic heterocycles. The summed E-state index contributed by atoms with van der Waals surface area (Å²) in [5.74, 6) is 1.09. The lowest BCUT2D eigenvalue weighted by atomic mass is 9.45. The maximum Gasteiger partial charge on any atom is 0.240 e. The Morgan fingerprint density at radius 2 is 1.88 bits per heavy atom. The lowest BCUT2D eigenvalue weighted by molar-refractivity contribution is -0.183. The maximum absolute atomic E-state index is 14.0. The Labute approximate surface area is 247 Å². The number of carbonyl (C=O) groups excluding carboxylic acids is 3. The minimum absolute atomic E-state index is 0.0360. The Morgan fingerprint density at radius 3 is 2.43 bits per heavy atom. The number of hydrogen-bond acceptors (Lipinski definition) is 8. The van der Waals surface area contributed by atoms with Gasteiger partial charge in [-0.25, -0.2) is 0 Å². The second kappa shape index (κ2) is 11.9. The number of hydroxylamine groups is 2. The number of aliphatic hydroxyl groups excluding tert-OH is 2. The summed E-state index contributed by atoms with van der Waals surface area (Å²) in [5, 5.41) is 25.7. The van der Waals surface area contributed by atoms with Crippen LogP contribution in [-0.4, -0.2) is 71.8 Å². The molecule has 6 rings (SSSR count). The molecule has 0 radical (unpaired) electrons. The van der Waals surface area contributed by atoms with E-state index in [-0.39, 0.29) is 30.5 Å². The van der Waals surface area contributed by atoms with E-state index < -0.39 is 24.2 Å². The summed E-state index contributed by atoms with van der Waals surface area (Å²) in [4.78, 5) is 43.2. The van der Waals surface area contributed by atoms with E-state index >= 15 is 0 Å². The number of carbonyl (C=O) groups is 3. The normalized spacial score (nSPS) is 30.7. The highest BCUT2D eigenvalue weighted by atomic mass is 16.7. The van der Waals surface area contributed by atoms with E-state index in [1.165, 1.54) is 19.6 Å². The van der Waals surface area contributed by atoms with Gasteiger partial charge in [-0.3, -0.25) is 19.2 Å². The van der Waals surface area contributed by atoms with Crippen LogP contribution < -0.4 is 10.1 Å². The van der Waals surface area contributed by atoms with Crippen LogP contribution in [0.15, 0.2) is 36.4 Å². The van der Waals surface area contributed by atoms with Crippen LogP contribution in [0, 0.1) is 29.1 Å². The Bertz CT molecular complexity index is 1320. The van der Waals surface area contributed by atoms with Gasteiger partial charge in [0.25, 0.3) is 0 Å². The summed E-state index contributed by atoms with van der Waals surface area (Å²) in [5.41, 5.74) is 3.03.